The summed E-state index contributed by atoms with van der Waals surface area (Å²) in [5.74, 6) is -3.01. The molecule has 0 aliphatic rings. The predicted octanol–water partition coefficient (Wildman–Crippen LogP) is 3.14. The smallest absolute Gasteiger partial charge is 0.153 e. The van der Waals surface area contributed by atoms with Gasteiger partial charge in [-0.2, -0.15) is 5.10 Å². The van der Waals surface area contributed by atoms with E-state index in [0.717, 1.165) is 0 Å². The van der Waals surface area contributed by atoms with Gasteiger partial charge < -0.3 is 5.73 Å². The van der Waals surface area contributed by atoms with E-state index in [0.29, 0.717) is 23.3 Å². The number of aromatic amines is 1. The van der Waals surface area contributed by atoms with Crippen molar-refractivity contribution in [2.45, 2.75) is 0 Å². The Bertz CT molecular complexity index is 776. The van der Waals surface area contributed by atoms with Crippen molar-refractivity contribution in [3.63, 3.8) is 0 Å². The van der Waals surface area contributed by atoms with Gasteiger partial charge in [-0.1, -0.05) is 6.07 Å². The van der Waals surface area contributed by atoms with Gasteiger partial charge >= 0.3 is 0 Å². The van der Waals surface area contributed by atoms with Crippen LogP contribution in [0.15, 0.2) is 36.7 Å². The summed E-state index contributed by atoms with van der Waals surface area (Å²) in [6.07, 6.45) is 3.04. The van der Waals surface area contributed by atoms with E-state index in [1.54, 1.807) is 18.3 Å². The van der Waals surface area contributed by atoms with Crippen molar-refractivity contribution in [3.05, 3.63) is 54.1 Å². The molecule has 0 unspecified atom stereocenters. The lowest BCUT2D eigenvalue weighted by atomic mass is 10.0. The summed E-state index contributed by atoms with van der Waals surface area (Å²) < 4.78 is 40.8. The van der Waals surface area contributed by atoms with E-state index in [9.17, 15) is 13.2 Å². The molecule has 106 valence electrons. The number of nitrogens with two attached hydrogens (primary N) is 1. The molecular weight excluding hydrogens is 281 g/mol. The Balaban J connectivity index is 2.27. The summed E-state index contributed by atoms with van der Waals surface area (Å²) in [5, 5.41) is 6.26. The van der Waals surface area contributed by atoms with Gasteiger partial charge in [0.15, 0.2) is 5.82 Å². The highest BCUT2D eigenvalue weighted by Crippen LogP contribution is 2.36. The number of hydrogen-bond acceptors (Lipinski definition) is 3. The van der Waals surface area contributed by atoms with Gasteiger partial charge in [0.25, 0.3) is 0 Å². The van der Waals surface area contributed by atoms with Crippen LogP contribution in [0.5, 0.6) is 0 Å². The molecule has 0 spiro atoms. The average Bonchev–Trinajstić information content (AvgIpc) is 2.80. The lowest BCUT2D eigenvalue weighted by Crippen LogP contribution is -1.95. The van der Waals surface area contributed by atoms with Crippen molar-refractivity contribution in [3.8, 4) is 22.4 Å². The average molecular weight is 290 g/mol. The summed E-state index contributed by atoms with van der Waals surface area (Å²) in [6, 6.07) is 4.53. The number of pyridine rings is 1. The number of nitrogens with zero attached hydrogens (tertiary/aromatic N) is 2. The maximum absolute atomic E-state index is 13.9. The highest BCUT2D eigenvalue weighted by Gasteiger charge is 2.21. The molecule has 0 saturated carbocycles. The van der Waals surface area contributed by atoms with E-state index in [-0.39, 0.29) is 11.5 Å². The molecule has 3 aromatic rings. The van der Waals surface area contributed by atoms with Crippen molar-refractivity contribution in [1.29, 1.82) is 0 Å². The fourth-order valence-corrected chi connectivity index (χ4v) is 2.12. The standard InChI is InChI=1S/C14H9F3N4/c15-8-4-9(16)12(10(17)5-8)13-11(14(18)21-20-13)7-2-1-3-19-6-7/h1-6H,(H3,18,20,21). The van der Waals surface area contributed by atoms with Gasteiger partial charge in [-0.15, -0.1) is 0 Å². The van der Waals surface area contributed by atoms with Crippen molar-refractivity contribution in [2.75, 3.05) is 5.73 Å². The Labute approximate surface area is 117 Å². The van der Waals surface area contributed by atoms with Crippen LogP contribution in [0.2, 0.25) is 0 Å². The second kappa shape index (κ2) is 4.93. The Kier molecular flexibility index (Phi) is 3.09. The molecule has 0 radical (unpaired) electrons. The topological polar surface area (TPSA) is 67.6 Å². The summed E-state index contributed by atoms with van der Waals surface area (Å²) in [4.78, 5) is 3.93. The number of aromatic nitrogens is 3. The van der Waals surface area contributed by atoms with Gasteiger partial charge in [-0.25, -0.2) is 13.2 Å². The molecule has 0 amide bonds. The Morgan fingerprint density at radius 2 is 1.76 bits per heavy atom. The number of nitrogen functional groups attached to an aromatic ring is 1. The van der Waals surface area contributed by atoms with Crippen LogP contribution in [0.4, 0.5) is 19.0 Å². The van der Waals surface area contributed by atoms with Crippen LogP contribution in [0.1, 0.15) is 0 Å². The normalized spacial score (nSPS) is 10.8. The third-order valence-electron chi connectivity index (χ3n) is 3.00. The summed E-state index contributed by atoms with van der Waals surface area (Å²) in [7, 11) is 0. The Hall–Kier alpha value is -2.83. The van der Waals surface area contributed by atoms with Crippen LogP contribution < -0.4 is 5.73 Å². The molecule has 0 bridgehead atoms. The molecule has 4 nitrogen and oxygen atoms in total. The van der Waals surface area contributed by atoms with Gasteiger partial charge in [0.2, 0.25) is 0 Å². The summed E-state index contributed by atoms with van der Waals surface area (Å²) >= 11 is 0. The van der Waals surface area contributed by atoms with Crippen molar-refractivity contribution >= 4 is 5.82 Å². The van der Waals surface area contributed by atoms with Crippen molar-refractivity contribution < 1.29 is 13.2 Å². The first-order valence-electron chi connectivity index (χ1n) is 5.97. The number of nitrogens with one attached hydrogen (secondary N) is 1. The number of rotatable bonds is 2. The monoisotopic (exact) mass is 290 g/mol. The first kappa shape index (κ1) is 13.2. The fraction of sp³-hybridized carbons (Fsp3) is 0. The Morgan fingerprint density at radius 1 is 1.05 bits per heavy atom. The predicted molar refractivity (Wildman–Crippen MR) is 71.5 cm³/mol. The van der Waals surface area contributed by atoms with Crippen molar-refractivity contribution in [1.82, 2.24) is 15.2 Å². The molecule has 2 aromatic heterocycles. The number of anilines is 1. The highest BCUT2D eigenvalue weighted by atomic mass is 19.1. The van der Waals surface area contributed by atoms with E-state index < -0.39 is 23.0 Å². The zero-order valence-electron chi connectivity index (χ0n) is 10.6. The highest BCUT2D eigenvalue weighted by molar-refractivity contribution is 5.87. The number of benzene rings is 1. The van der Waals surface area contributed by atoms with E-state index in [4.69, 9.17) is 5.73 Å². The molecule has 3 rings (SSSR count). The second-order valence-corrected chi connectivity index (χ2v) is 4.34. The van der Waals surface area contributed by atoms with Crippen LogP contribution >= 0.6 is 0 Å². The van der Waals surface area contributed by atoms with E-state index >= 15 is 0 Å². The minimum atomic E-state index is -1.04. The SMILES string of the molecule is Nc1n[nH]c(-c2c(F)cc(F)cc2F)c1-c1cccnc1. The lowest BCUT2D eigenvalue weighted by molar-refractivity contribution is 0.547. The zero-order valence-corrected chi connectivity index (χ0v) is 10.6. The molecule has 7 heteroatoms. The lowest BCUT2D eigenvalue weighted by Gasteiger charge is -2.07. The molecule has 21 heavy (non-hydrogen) atoms. The maximum atomic E-state index is 13.9. The molecule has 0 fully saturated rings. The number of hydrogen-bond donors (Lipinski definition) is 2. The molecule has 2 heterocycles. The molecule has 0 atom stereocenters. The van der Waals surface area contributed by atoms with Crippen LogP contribution in [-0.4, -0.2) is 15.2 Å². The first-order valence-corrected chi connectivity index (χ1v) is 5.97. The quantitative estimate of drug-likeness (QED) is 0.762. The number of H-pyrrole nitrogens is 1. The first-order chi connectivity index (χ1) is 10.1. The maximum Gasteiger partial charge on any atom is 0.153 e. The van der Waals surface area contributed by atoms with Crippen LogP contribution in [-0.2, 0) is 0 Å². The molecule has 0 saturated heterocycles. The largest absolute Gasteiger partial charge is 0.382 e. The molecule has 3 N–H and O–H groups in total. The van der Waals surface area contributed by atoms with Crippen molar-refractivity contribution in [2.24, 2.45) is 0 Å². The van der Waals surface area contributed by atoms with E-state index in [1.165, 1.54) is 6.20 Å². The van der Waals surface area contributed by atoms with E-state index in [1.807, 2.05) is 0 Å². The summed E-state index contributed by atoms with van der Waals surface area (Å²) in [6.45, 7) is 0. The third kappa shape index (κ3) is 2.22. The zero-order chi connectivity index (χ0) is 15.0. The number of halogens is 3. The Morgan fingerprint density at radius 3 is 2.38 bits per heavy atom. The van der Waals surface area contributed by atoms with Crippen LogP contribution in [0.25, 0.3) is 22.4 Å². The summed E-state index contributed by atoms with van der Waals surface area (Å²) in [5.41, 5.74) is 6.23. The molecular formula is C14H9F3N4. The second-order valence-electron chi connectivity index (χ2n) is 4.34. The van der Waals surface area contributed by atoms with Gasteiger partial charge in [0.1, 0.15) is 17.5 Å². The third-order valence-corrected chi connectivity index (χ3v) is 3.00. The van der Waals surface area contributed by atoms with E-state index in [2.05, 4.69) is 15.2 Å². The molecule has 1 aromatic carbocycles. The minimum Gasteiger partial charge on any atom is -0.382 e. The van der Waals surface area contributed by atoms with Gasteiger partial charge in [-0.3, -0.25) is 10.1 Å². The van der Waals surface area contributed by atoms with Gasteiger partial charge in [0.05, 0.1) is 16.8 Å². The van der Waals surface area contributed by atoms with Gasteiger partial charge in [-0.05, 0) is 6.07 Å². The van der Waals surface area contributed by atoms with Crippen LogP contribution in [0, 0.1) is 17.5 Å². The molecule has 0 aliphatic heterocycles. The molecule has 0 aliphatic carbocycles. The minimum absolute atomic E-state index is 0.0375. The van der Waals surface area contributed by atoms with Gasteiger partial charge in [0, 0.05) is 30.1 Å². The fourth-order valence-electron chi connectivity index (χ4n) is 2.12. The van der Waals surface area contributed by atoms with Crippen LogP contribution in [0.3, 0.4) is 0 Å².